The topological polar surface area (TPSA) is 52.0 Å². The van der Waals surface area contributed by atoms with Gasteiger partial charge in [-0.15, -0.1) is 5.10 Å². The van der Waals surface area contributed by atoms with E-state index in [0.717, 1.165) is 29.9 Å². The highest BCUT2D eigenvalue weighted by molar-refractivity contribution is 5.35. The van der Waals surface area contributed by atoms with Crippen LogP contribution >= 0.6 is 0 Å². The molecular formula is C15H20N4O. The number of rotatable bonds is 4. The molecule has 1 aromatic carbocycles. The fourth-order valence-electron chi connectivity index (χ4n) is 2.62. The summed E-state index contributed by atoms with van der Waals surface area (Å²) in [4.78, 5) is 0. The van der Waals surface area contributed by atoms with E-state index in [1.807, 2.05) is 29.1 Å². The Kier molecular flexibility index (Phi) is 4.08. The molecule has 1 aliphatic rings. The van der Waals surface area contributed by atoms with Gasteiger partial charge in [-0.1, -0.05) is 23.8 Å². The minimum atomic E-state index is 0.347. The van der Waals surface area contributed by atoms with Crippen molar-refractivity contribution in [1.82, 2.24) is 20.3 Å². The van der Waals surface area contributed by atoms with E-state index in [4.69, 9.17) is 4.74 Å². The van der Waals surface area contributed by atoms with Crippen molar-refractivity contribution in [3.8, 4) is 5.69 Å². The maximum atomic E-state index is 5.16. The monoisotopic (exact) mass is 272 g/mol. The summed E-state index contributed by atoms with van der Waals surface area (Å²) in [6.07, 6.45) is 5.68. The Morgan fingerprint density at radius 1 is 1.40 bits per heavy atom. The smallest absolute Gasteiger partial charge is 0.100 e. The summed E-state index contributed by atoms with van der Waals surface area (Å²) in [6.45, 7) is 1.68. The predicted molar refractivity (Wildman–Crippen MR) is 76.7 cm³/mol. The molecule has 0 bridgehead atoms. The van der Waals surface area contributed by atoms with Crippen LogP contribution in [-0.4, -0.2) is 28.6 Å². The minimum Gasteiger partial charge on any atom is -0.380 e. The molecule has 0 aliphatic carbocycles. The van der Waals surface area contributed by atoms with Crippen molar-refractivity contribution < 1.29 is 4.74 Å². The second kappa shape index (κ2) is 6.15. The molecule has 1 saturated heterocycles. The molecule has 1 unspecified atom stereocenters. The van der Waals surface area contributed by atoms with Crippen LogP contribution < -0.4 is 5.32 Å². The quantitative estimate of drug-likeness (QED) is 0.927. The van der Waals surface area contributed by atoms with E-state index in [1.165, 1.54) is 12.8 Å². The number of benzene rings is 1. The van der Waals surface area contributed by atoms with Crippen LogP contribution in [0, 0.1) is 0 Å². The fourth-order valence-corrected chi connectivity index (χ4v) is 2.62. The minimum absolute atomic E-state index is 0.347. The second-order valence-corrected chi connectivity index (χ2v) is 5.19. The van der Waals surface area contributed by atoms with E-state index in [9.17, 15) is 0 Å². The predicted octanol–water partition coefficient (Wildman–Crippen LogP) is 2.23. The Hall–Kier alpha value is -1.72. The number of nitrogens with zero attached hydrogens (tertiary/aromatic N) is 3. The average Bonchev–Trinajstić information content (AvgIpc) is 2.99. The molecule has 2 aromatic rings. The van der Waals surface area contributed by atoms with Crippen molar-refractivity contribution in [2.24, 2.45) is 0 Å². The number of methoxy groups -OCH3 is 1. The lowest BCUT2D eigenvalue weighted by molar-refractivity contribution is 0.185. The lowest BCUT2D eigenvalue weighted by Gasteiger charge is -2.20. The summed E-state index contributed by atoms with van der Waals surface area (Å²) in [6, 6.07) is 8.53. The number of ether oxygens (including phenoxy) is 1. The Bertz CT molecular complexity index is 561. The molecule has 106 valence electrons. The van der Waals surface area contributed by atoms with Gasteiger partial charge in [-0.05, 0) is 37.1 Å². The fraction of sp³-hybridized carbons (Fsp3) is 0.467. The zero-order valence-corrected chi connectivity index (χ0v) is 11.7. The van der Waals surface area contributed by atoms with Crippen molar-refractivity contribution in [2.45, 2.75) is 31.9 Å². The van der Waals surface area contributed by atoms with Crippen molar-refractivity contribution in [3.05, 3.63) is 41.7 Å². The van der Waals surface area contributed by atoms with Gasteiger partial charge in [-0.25, -0.2) is 4.68 Å². The summed E-state index contributed by atoms with van der Waals surface area (Å²) in [5, 5.41) is 12.1. The van der Waals surface area contributed by atoms with Gasteiger partial charge >= 0.3 is 0 Å². The van der Waals surface area contributed by atoms with E-state index >= 15 is 0 Å². The second-order valence-electron chi connectivity index (χ2n) is 5.19. The molecule has 20 heavy (non-hydrogen) atoms. The molecule has 3 rings (SSSR count). The molecule has 1 aromatic heterocycles. The third kappa shape index (κ3) is 2.89. The Balaban J connectivity index is 1.80. The van der Waals surface area contributed by atoms with Gasteiger partial charge in [0.15, 0.2) is 0 Å². The summed E-state index contributed by atoms with van der Waals surface area (Å²) in [5.74, 6) is 0. The maximum absolute atomic E-state index is 5.16. The average molecular weight is 272 g/mol. The number of hydrogen-bond acceptors (Lipinski definition) is 4. The molecular weight excluding hydrogens is 252 g/mol. The van der Waals surface area contributed by atoms with E-state index in [2.05, 4.69) is 21.7 Å². The first-order valence-corrected chi connectivity index (χ1v) is 7.11. The molecule has 0 amide bonds. The van der Waals surface area contributed by atoms with Crippen LogP contribution in [0.3, 0.4) is 0 Å². The summed E-state index contributed by atoms with van der Waals surface area (Å²) >= 11 is 0. The number of aromatic nitrogens is 3. The molecule has 2 heterocycles. The van der Waals surface area contributed by atoms with Crippen LogP contribution in [0.15, 0.2) is 30.5 Å². The van der Waals surface area contributed by atoms with E-state index < -0.39 is 0 Å². The van der Waals surface area contributed by atoms with Crippen LogP contribution in [0.25, 0.3) is 5.69 Å². The van der Waals surface area contributed by atoms with Crippen LogP contribution in [0.4, 0.5) is 0 Å². The van der Waals surface area contributed by atoms with Crippen molar-refractivity contribution in [3.63, 3.8) is 0 Å². The van der Waals surface area contributed by atoms with E-state index in [1.54, 1.807) is 7.11 Å². The number of hydrogen-bond donors (Lipinski definition) is 1. The number of piperidine rings is 1. The van der Waals surface area contributed by atoms with Crippen LogP contribution in [0.2, 0.25) is 0 Å². The first-order chi connectivity index (χ1) is 9.86. The summed E-state index contributed by atoms with van der Waals surface area (Å²) in [5.41, 5.74) is 3.19. The van der Waals surface area contributed by atoms with Gasteiger partial charge in [0.2, 0.25) is 0 Å². The standard InChI is InChI=1S/C15H20N4O/c1-20-11-12-5-4-6-13(9-12)19-10-15(17-18-19)14-7-2-3-8-16-14/h4-6,9-10,14,16H,2-3,7-8,11H2,1H3. The molecule has 5 heteroatoms. The van der Waals surface area contributed by atoms with Crippen molar-refractivity contribution in [2.75, 3.05) is 13.7 Å². The third-order valence-corrected chi connectivity index (χ3v) is 3.66. The molecule has 1 atom stereocenters. The normalized spacial score (nSPS) is 19.1. The van der Waals surface area contributed by atoms with E-state index in [0.29, 0.717) is 12.6 Å². The molecule has 1 aliphatic heterocycles. The highest BCUT2D eigenvalue weighted by Gasteiger charge is 2.18. The van der Waals surface area contributed by atoms with Gasteiger partial charge in [0, 0.05) is 7.11 Å². The Morgan fingerprint density at radius 2 is 2.35 bits per heavy atom. The van der Waals surface area contributed by atoms with E-state index in [-0.39, 0.29) is 0 Å². The Labute approximate surface area is 118 Å². The van der Waals surface area contributed by atoms with Crippen LogP contribution in [0.5, 0.6) is 0 Å². The van der Waals surface area contributed by atoms with Gasteiger partial charge in [0.05, 0.1) is 24.5 Å². The zero-order chi connectivity index (χ0) is 13.8. The molecule has 0 spiro atoms. The van der Waals surface area contributed by atoms with Crippen molar-refractivity contribution >= 4 is 0 Å². The van der Waals surface area contributed by atoms with Gasteiger partial charge < -0.3 is 10.1 Å². The van der Waals surface area contributed by atoms with Crippen LogP contribution in [-0.2, 0) is 11.3 Å². The van der Waals surface area contributed by atoms with Gasteiger partial charge in [-0.2, -0.15) is 0 Å². The zero-order valence-electron chi connectivity index (χ0n) is 11.7. The largest absolute Gasteiger partial charge is 0.380 e. The Morgan fingerprint density at radius 3 is 3.15 bits per heavy atom. The first-order valence-electron chi connectivity index (χ1n) is 7.11. The summed E-state index contributed by atoms with van der Waals surface area (Å²) in [7, 11) is 1.70. The van der Waals surface area contributed by atoms with Crippen molar-refractivity contribution in [1.29, 1.82) is 0 Å². The molecule has 1 fully saturated rings. The SMILES string of the molecule is COCc1cccc(-n2cc(C3CCCCN3)nn2)c1. The first kappa shape index (κ1) is 13.3. The molecule has 5 nitrogen and oxygen atoms in total. The highest BCUT2D eigenvalue weighted by atomic mass is 16.5. The number of nitrogens with one attached hydrogen (secondary N) is 1. The molecule has 0 saturated carbocycles. The van der Waals surface area contributed by atoms with Gasteiger partial charge in [-0.3, -0.25) is 0 Å². The lowest BCUT2D eigenvalue weighted by atomic mass is 10.0. The lowest BCUT2D eigenvalue weighted by Crippen LogP contribution is -2.27. The van der Waals surface area contributed by atoms with Gasteiger partial charge in [0.1, 0.15) is 5.69 Å². The third-order valence-electron chi connectivity index (χ3n) is 3.66. The molecule has 1 N–H and O–H groups in total. The van der Waals surface area contributed by atoms with Crippen LogP contribution in [0.1, 0.15) is 36.6 Å². The summed E-state index contributed by atoms with van der Waals surface area (Å²) < 4.78 is 7.00. The van der Waals surface area contributed by atoms with Gasteiger partial charge in [0.25, 0.3) is 0 Å². The molecule has 0 radical (unpaired) electrons. The highest BCUT2D eigenvalue weighted by Crippen LogP contribution is 2.21. The maximum Gasteiger partial charge on any atom is 0.100 e.